The molecule has 1 fully saturated rings. The zero-order valence-electron chi connectivity index (χ0n) is 24.7. The summed E-state index contributed by atoms with van der Waals surface area (Å²) in [6, 6.07) is 10.3. The van der Waals surface area contributed by atoms with E-state index in [0.29, 0.717) is 86.2 Å². The van der Waals surface area contributed by atoms with Gasteiger partial charge < -0.3 is 40.8 Å². The van der Waals surface area contributed by atoms with E-state index >= 15 is 0 Å². The summed E-state index contributed by atoms with van der Waals surface area (Å²) in [6.07, 6.45) is 1.92. The number of nitrogens with zero attached hydrogens (tertiary/aromatic N) is 3. The lowest BCUT2D eigenvalue weighted by molar-refractivity contribution is -0.137. The van der Waals surface area contributed by atoms with Crippen LogP contribution in [0.5, 0.6) is 0 Å². The van der Waals surface area contributed by atoms with Crippen molar-refractivity contribution in [1.82, 2.24) is 25.5 Å². The normalized spacial score (nSPS) is 16.1. The van der Waals surface area contributed by atoms with E-state index in [-0.39, 0.29) is 37.4 Å². The predicted molar refractivity (Wildman–Crippen MR) is 163 cm³/mol. The second kappa shape index (κ2) is 15.3. The van der Waals surface area contributed by atoms with Crippen LogP contribution < -0.4 is 27.0 Å². The van der Waals surface area contributed by atoms with Crippen LogP contribution in [0.15, 0.2) is 42.7 Å². The van der Waals surface area contributed by atoms with E-state index in [2.05, 4.69) is 31.2 Å². The van der Waals surface area contributed by atoms with Gasteiger partial charge >= 0.3 is 0 Å². The molecule has 0 bridgehead atoms. The van der Waals surface area contributed by atoms with Crippen molar-refractivity contribution in [3.8, 4) is 0 Å². The maximum Gasteiger partial charge on any atom is 0.255 e. The maximum absolute atomic E-state index is 13.2. The molecule has 3 heterocycles. The van der Waals surface area contributed by atoms with E-state index in [4.69, 9.17) is 19.9 Å². The number of benzene rings is 2. The SMILES string of the molecule is NCOCCOCCOCCNC(=O)CNc1cccc2c(Nc3ccc4c(c3)C(=O)N(C3CCC(=O)NC3=O)C4)ncnc12. The lowest BCUT2D eigenvalue weighted by atomic mass is 10.0. The highest BCUT2D eigenvalue weighted by Crippen LogP contribution is 2.32. The van der Waals surface area contributed by atoms with E-state index in [1.807, 2.05) is 30.3 Å². The molecule has 0 saturated carbocycles. The van der Waals surface area contributed by atoms with Gasteiger partial charge in [-0.3, -0.25) is 24.5 Å². The van der Waals surface area contributed by atoms with Gasteiger partial charge in [0.25, 0.3) is 5.91 Å². The van der Waals surface area contributed by atoms with Crippen molar-refractivity contribution in [2.24, 2.45) is 5.73 Å². The van der Waals surface area contributed by atoms with Gasteiger partial charge in [-0.2, -0.15) is 0 Å². The molecule has 238 valence electrons. The summed E-state index contributed by atoms with van der Waals surface area (Å²) < 4.78 is 15.7. The summed E-state index contributed by atoms with van der Waals surface area (Å²) >= 11 is 0. The number of ether oxygens (including phenoxy) is 3. The van der Waals surface area contributed by atoms with Crippen molar-refractivity contribution in [3.05, 3.63) is 53.9 Å². The minimum absolute atomic E-state index is 0.0345. The quantitative estimate of drug-likeness (QED) is 0.0851. The fraction of sp³-hybridized carbons (Fsp3) is 0.400. The number of anilines is 3. The monoisotopic (exact) mass is 620 g/mol. The fourth-order valence-electron chi connectivity index (χ4n) is 5.12. The van der Waals surface area contributed by atoms with Gasteiger partial charge in [-0.1, -0.05) is 12.1 Å². The minimum Gasteiger partial charge on any atom is -0.377 e. The summed E-state index contributed by atoms with van der Waals surface area (Å²) in [5, 5.41) is 12.2. The molecule has 0 radical (unpaired) electrons. The summed E-state index contributed by atoms with van der Waals surface area (Å²) in [4.78, 5) is 59.8. The summed E-state index contributed by atoms with van der Waals surface area (Å²) in [5.41, 5.74) is 8.43. The second-order valence-electron chi connectivity index (χ2n) is 10.3. The van der Waals surface area contributed by atoms with Gasteiger partial charge in [0.2, 0.25) is 17.7 Å². The molecule has 45 heavy (non-hydrogen) atoms. The van der Waals surface area contributed by atoms with Crippen molar-refractivity contribution >= 4 is 51.7 Å². The molecule has 0 aliphatic carbocycles. The van der Waals surface area contributed by atoms with Gasteiger partial charge in [-0.25, -0.2) is 9.97 Å². The van der Waals surface area contributed by atoms with Crippen LogP contribution in [-0.4, -0.2) is 97.4 Å². The van der Waals surface area contributed by atoms with E-state index in [9.17, 15) is 19.2 Å². The van der Waals surface area contributed by atoms with Crippen molar-refractivity contribution < 1.29 is 33.4 Å². The molecule has 1 saturated heterocycles. The summed E-state index contributed by atoms with van der Waals surface area (Å²) in [5.74, 6) is -0.709. The molecule has 1 unspecified atom stereocenters. The Morgan fingerprint density at radius 1 is 1.02 bits per heavy atom. The molecule has 0 spiro atoms. The van der Waals surface area contributed by atoms with Crippen LogP contribution in [0.25, 0.3) is 10.9 Å². The number of piperidine rings is 1. The number of carbonyl (C=O) groups is 4. The van der Waals surface area contributed by atoms with Crippen LogP contribution >= 0.6 is 0 Å². The zero-order valence-corrected chi connectivity index (χ0v) is 24.7. The molecule has 6 N–H and O–H groups in total. The third-order valence-electron chi connectivity index (χ3n) is 7.33. The standard InChI is InChI=1S/C30H36N8O7/c31-17-45-13-12-44-11-10-43-9-8-32-26(40)15-33-23-3-1-2-21-27(23)34-18-35-28(21)36-20-5-4-19-16-38(30(42)22(19)14-20)24-6-7-25(39)37-29(24)41/h1-5,14,18,24,33H,6-13,15-17,31H2,(H,32,40)(H,34,35,36)(H,37,39,41). The van der Waals surface area contributed by atoms with Gasteiger partial charge in [-0.05, 0) is 36.2 Å². The Kier molecular flexibility index (Phi) is 10.8. The molecule has 15 heteroatoms. The summed E-state index contributed by atoms with van der Waals surface area (Å²) in [7, 11) is 0. The van der Waals surface area contributed by atoms with E-state index in [0.717, 1.165) is 5.56 Å². The number of hydrogen-bond acceptors (Lipinski definition) is 12. The average molecular weight is 621 g/mol. The highest BCUT2D eigenvalue weighted by atomic mass is 16.5. The zero-order chi connectivity index (χ0) is 31.6. The number of aromatic nitrogens is 2. The molecular formula is C30H36N8O7. The van der Waals surface area contributed by atoms with Crippen LogP contribution in [0.2, 0.25) is 0 Å². The fourth-order valence-corrected chi connectivity index (χ4v) is 5.12. The van der Waals surface area contributed by atoms with Crippen molar-refractivity contribution in [3.63, 3.8) is 0 Å². The molecule has 1 atom stereocenters. The number of para-hydroxylation sites is 1. The summed E-state index contributed by atoms with van der Waals surface area (Å²) in [6.45, 7) is 2.93. The van der Waals surface area contributed by atoms with E-state index in [1.54, 1.807) is 6.07 Å². The number of rotatable bonds is 16. The molecule has 3 aromatic rings. The Balaban J connectivity index is 1.14. The molecular weight excluding hydrogens is 584 g/mol. The average Bonchev–Trinajstić information content (AvgIpc) is 3.36. The van der Waals surface area contributed by atoms with Crippen LogP contribution in [0.3, 0.4) is 0 Å². The third kappa shape index (κ3) is 8.07. The second-order valence-corrected chi connectivity index (χ2v) is 10.3. The predicted octanol–water partition coefficient (Wildman–Crippen LogP) is 0.629. The van der Waals surface area contributed by atoms with E-state index in [1.165, 1.54) is 11.2 Å². The van der Waals surface area contributed by atoms with Crippen LogP contribution in [-0.2, 0) is 35.1 Å². The molecule has 2 aliphatic rings. The Labute approximate surface area is 259 Å². The number of imide groups is 1. The molecule has 4 amide bonds. The first-order valence-electron chi connectivity index (χ1n) is 14.7. The smallest absolute Gasteiger partial charge is 0.255 e. The highest BCUT2D eigenvalue weighted by molar-refractivity contribution is 6.06. The highest BCUT2D eigenvalue weighted by Gasteiger charge is 2.39. The Hall–Kier alpha value is -4.70. The number of nitrogens with one attached hydrogen (secondary N) is 4. The van der Waals surface area contributed by atoms with Gasteiger partial charge in [0.15, 0.2) is 0 Å². The number of hydrogen-bond donors (Lipinski definition) is 5. The molecule has 2 aliphatic heterocycles. The number of carbonyl (C=O) groups excluding carboxylic acids is 4. The van der Waals surface area contributed by atoms with Crippen LogP contribution in [0.4, 0.5) is 17.2 Å². The van der Waals surface area contributed by atoms with Crippen molar-refractivity contribution in [2.75, 3.05) is 63.5 Å². The first-order valence-corrected chi connectivity index (χ1v) is 14.7. The first kappa shape index (κ1) is 31.7. The first-order chi connectivity index (χ1) is 21.9. The number of nitrogens with two attached hydrogens (primary N) is 1. The Morgan fingerprint density at radius 3 is 2.62 bits per heavy atom. The molecule has 1 aromatic heterocycles. The lowest BCUT2D eigenvalue weighted by Gasteiger charge is -2.29. The molecule has 2 aromatic carbocycles. The van der Waals surface area contributed by atoms with Gasteiger partial charge in [-0.15, -0.1) is 0 Å². The number of fused-ring (bicyclic) bond motifs is 2. The topological polar surface area (TPSA) is 199 Å². The lowest BCUT2D eigenvalue weighted by Crippen LogP contribution is -2.52. The molecule has 5 rings (SSSR count). The Morgan fingerprint density at radius 2 is 1.82 bits per heavy atom. The third-order valence-corrected chi connectivity index (χ3v) is 7.33. The maximum atomic E-state index is 13.2. The van der Waals surface area contributed by atoms with Crippen molar-refractivity contribution in [1.29, 1.82) is 0 Å². The van der Waals surface area contributed by atoms with Crippen molar-refractivity contribution in [2.45, 2.75) is 25.4 Å². The van der Waals surface area contributed by atoms with Crippen LogP contribution in [0, 0.1) is 0 Å². The number of amides is 4. The molecule has 15 nitrogen and oxygen atoms in total. The largest absolute Gasteiger partial charge is 0.377 e. The van der Waals surface area contributed by atoms with Gasteiger partial charge in [0.05, 0.1) is 57.5 Å². The van der Waals surface area contributed by atoms with E-state index < -0.39 is 11.9 Å². The minimum atomic E-state index is -0.677. The van der Waals surface area contributed by atoms with Gasteiger partial charge in [0, 0.05) is 36.1 Å². The van der Waals surface area contributed by atoms with Crippen LogP contribution in [0.1, 0.15) is 28.8 Å². The Bertz CT molecular complexity index is 1550. The van der Waals surface area contributed by atoms with Gasteiger partial charge in [0.1, 0.15) is 18.2 Å².